The third-order valence-corrected chi connectivity index (χ3v) is 7.64. The minimum atomic E-state index is -3.90. The van der Waals surface area contributed by atoms with Crippen molar-refractivity contribution in [2.45, 2.75) is 9.79 Å². The SMILES string of the molecule is O=S(=O)(Nc1ccc(Br)cc1)c1ccc(NS(=O)(=O)c2ccc3c(c2)OCCO3)cc1. The molecule has 0 saturated heterocycles. The number of hydrogen-bond acceptors (Lipinski definition) is 6. The molecule has 1 aliphatic heterocycles. The van der Waals surface area contributed by atoms with E-state index < -0.39 is 20.0 Å². The second-order valence-electron chi connectivity index (χ2n) is 6.55. The van der Waals surface area contributed by atoms with E-state index in [1.54, 1.807) is 24.3 Å². The summed E-state index contributed by atoms with van der Waals surface area (Å²) >= 11 is 3.29. The molecule has 0 saturated carbocycles. The zero-order chi connectivity index (χ0) is 22.1. The summed E-state index contributed by atoms with van der Waals surface area (Å²) in [5.74, 6) is 0.840. The van der Waals surface area contributed by atoms with Gasteiger partial charge in [-0.15, -0.1) is 0 Å². The highest BCUT2D eigenvalue weighted by molar-refractivity contribution is 9.10. The summed E-state index contributed by atoms with van der Waals surface area (Å²) in [4.78, 5) is 0.00282. The van der Waals surface area contributed by atoms with E-state index in [0.717, 1.165) is 4.47 Å². The Kier molecular flexibility index (Phi) is 5.82. The van der Waals surface area contributed by atoms with E-state index in [2.05, 4.69) is 25.4 Å². The maximum absolute atomic E-state index is 12.7. The fraction of sp³-hybridized carbons (Fsp3) is 0.100. The van der Waals surface area contributed by atoms with Gasteiger partial charge in [0, 0.05) is 21.9 Å². The highest BCUT2D eigenvalue weighted by Crippen LogP contribution is 2.32. The molecule has 0 fully saturated rings. The van der Waals surface area contributed by atoms with Crippen LogP contribution < -0.4 is 18.9 Å². The van der Waals surface area contributed by atoms with Crippen LogP contribution in [-0.4, -0.2) is 30.0 Å². The average Bonchev–Trinajstić information content (AvgIpc) is 2.75. The number of anilines is 2. The molecule has 0 aromatic heterocycles. The zero-order valence-corrected chi connectivity index (χ0v) is 19.1. The summed E-state index contributed by atoms with van der Waals surface area (Å²) in [6, 6.07) is 16.4. The Morgan fingerprint density at radius 1 is 0.645 bits per heavy atom. The monoisotopic (exact) mass is 524 g/mol. The lowest BCUT2D eigenvalue weighted by Gasteiger charge is -2.19. The van der Waals surface area contributed by atoms with Crippen LogP contribution in [0.15, 0.2) is 81.0 Å². The summed E-state index contributed by atoms with van der Waals surface area (Å²) in [5.41, 5.74) is 0.629. The van der Waals surface area contributed by atoms with Crippen molar-refractivity contribution in [3.8, 4) is 11.5 Å². The Morgan fingerprint density at radius 3 is 1.74 bits per heavy atom. The molecular weight excluding hydrogens is 508 g/mol. The van der Waals surface area contributed by atoms with Crippen molar-refractivity contribution in [2.24, 2.45) is 0 Å². The number of halogens is 1. The zero-order valence-electron chi connectivity index (χ0n) is 15.9. The lowest BCUT2D eigenvalue weighted by Crippen LogP contribution is -2.17. The first kappa shape index (κ1) is 21.5. The molecule has 0 amide bonds. The van der Waals surface area contributed by atoms with Crippen molar-refractivity contribution in [1.29, 1.82) is 0 Å². The van der Waals surface area contributed by atoms with E-state index in [-0.39, 0.29) is 15.5 Å². The number of hydrogen-bond donors (Lipinski definition) is 2. The Morgan fingerprint density at radius 2 is 1.13 bits per heavy atom. The van der Waals surface area contributed by atoms with Crippen molar-refractivity contribution >= 4 is 47.4 Å². The van der Waals surface area contributed by atoms with Crippen LogP contribution in [0.25, 0.3) is 0 Å². The fourth-order valence-electron chi connectivity index (χ4n) is 2.84. The van der Waals surface area contributed by atoms with Gasteiger partial charge in [-0.3, -0.25) is 9.44 Å². The Labute approximate surface area is 188 Å². The van der Waals surface area contributed by atoms with Gasteiger partial charge >= 0.3 is 0 Å². The first-order valence-electron chi connectivity index (χ1n) is 9.04. The van der Waals surface area contributed by atoms with Gasteiger partial charge in [0.15, 0.2) is 11.5 Å². The van der Waals surface area contributed by atoms with Crippen LogP contribution in [0.4, 0.5) is 11.4 Å². The predicted octanol–water partition coefficient (Wildman–Crippen LogP) is 3.82. The summed E-state index contributed by atoms with van der Waals surface area (Å²) in [6.07, 6.45) is 0. The van der Waals surface area contributed by atoms with Gasteiger partial charge in [-0.2, -0.15) is 0 Å². The predicted molar refractivity (Wildman–Crippen MR) is 120 cm³/mol. The second kappa shape index (κ2) is 8.40. The van der Waals surface area contributed by atoms with Crippen LogP contribution in [0.3, 0.4) is 0 Å². The van der Waals surface area contributed by atoms with Gasteiger partial charge in [0.2, 0.25) is 0 Å². The first-order chi connectivity index (χ1) is 14.7. The molecule has 3 aromatic carbocycles. The van der Waals surface area contributed by atoms with Crippen molar-refractivity contribution in [1.82, 2.24) is 0 Å². The van der Waals surface area contributed by atoms with Crippen molar-refractivity contribution < 1.29 is 26.3 Å². The largest absolute Gasteiger partial charge is 0.486 e. The molecule has 2 N–H and O–H groups in total. The van der Waals surface area contributed by atoms with Crippen LogP contribution in [0, 0.1) is 0 Å². The molecule has 0 bridgehead atoms. The molecule has 31 heavy (non-hydrogen) atoms. The maximum atomic E-state index is 12.7. The first-order valence-corrected chi connectivity index (χ1v) is 12.8. The van der Waals surface area contributed by atoms with Crippen molar-refractivity contribution in [2.75, 3.05) is 22.7 Å². The van der Waals surface area contributed by atoms with Crippen molar-refractivity contribution in [3.63, 3.8) is 0 Å². The molecule has 8 nitrogen and oxygen atoms in total. The van der Waals surface area contributed by atoms with E-state index in [9.17, 15) is 16.8 Å². The molecule has 1 heterocycles. The topological polar surface area (TPSA) is 111 Å². The minimum absolute atomic E-state index is 0.00213. The van der Waals surface area contributed by atoms with Gasteiger partial charge in [-0.05, 0) is 60.7 Å². The number of nitrogens with one attached hydrogen (secondary N) is 2. The van der Waals surface area contributed by atoms with Crippen molar-refractivity contribution in [3.05, 3.63) is 71.2 Å². The van der Waals surface area contributed by atoms with Crippen LogP contribution in [0.5, 0.6) is 11.5 Å². The van der Waals surface area contributed by atoms with Gasteiger partial charge in [0.25, 0.3) is 20.0 Å². The van der Waals surface area contributed by atoms with Crippen LogP contribution >= 0.6 is 15.9 Å². The molecule has 1 aliphatic rings. The lowest BCUT2D eigenvalue weighted by molar-refractivity contribution is 0.171. The fourth-order valence-corrected chi connectivity index (χ4v) is 5.24. The van der Waals surface area contributed by atoms with E-state index in [1.807, 2.05) is 0 Å². The molecule has 0 atom stereocenters. The molecular formula is C20H17BrN2O6S2. The molecule has 0 unspecified atom stereocenters. The molecule has 162 valence electrons. The number of rotatable bonds is 6. The Hall–Kier alpha value is -2.76. The number of fused-ring (bicyclic) bond motifs is 1. The van der Waals surface area contributed by atoms with E-state index in [0.29, 0.717) is 30.4 Å². The van der Waals surface area contributed by atoms with Gasteiger partial charge in [0.05, 0.1) is 9.79 Å². The number of sulfonamides is 2. The summed E-state index contributed by atoms with van der Waals surface area (Å²) < 4.78 is 67.0. The second-order valence-corrected chi connectivity index (χ2v) is 10.8. The van der Waals surface area contributed by atoms with E-state index in [4.69, 9.17) is 9.47 Å². The van der Waals surface area contributed by atoms with Crippen LogP contribution in [0.2, 0.25) is 0 Å². The highest BCUT2D eigenvalue weighted by atomic mass is 79.9. The van der Waals surface area contributed by atoms with Crippen LogP contribution in [0.1, 0.15) is 0 Å². The molecule has 11 heteroatoms. The maximum Gasteiger partial charge on any atom is 0.262 e. The van der Waals surface area contributed by atoms with Gasteiger partial charge in [0.1, 0.15) is 13.2 Å². The number of benzene rings is 3. The third-order valence-electron chi connectivity index (χ3n) is 4.34. The summed E-state index contributed by atoms with van der Waals surface area (Å²) in [7, 11) is -7.72. The highest BCUT2D eigenvalue weighted by Gasteiger charge is 2.20. The third kappa shape index (κ3) is 4.94. The van der Waals surface area contributed by atoms with Gasteiger partial charge in [-0.1, -0.05) is 15.9 Å². The molecule has 4 rings (SSSR count). The molecule has 3 aromatic rings. The number of ether oxygens (including phenoxy) is 2. The standard InChI is InChI=1S/C20H17BrN2O6S2/c21-14-1-3-15(4-2-14)22-30(24,25)17-7-5-16(6-8-17)23-31(26,27)18-9-10-19-20(13-18)29-12-11-28-19/h1-10,13,22-23H,11-12H2. The Balaban J connectivity index is 1.50. The molecule has 0 radical (unpaired) electrons. The summed E-state index contributed by atoms with van der Waals surface area (Å²) in [5, 5.41) is 0. The average molecular weight is 525 g/mol. The van der Waals surface area contributed by atoms with E-state index in [1.165, 1.54) is 42.5 Å². The molecule has 0 aliphatic carbocycles. The molecule has 0 spiro atoms. The van der Waals surface area contributed by atoms with Crippen LogP contribution in [-0.2, 0) is 20.0 Å². The minimum Gasteiger partial charge on any atom is -0.486 e. The normalized spacial score (nSPS) is 13.5. The van der Waals surface area contributed by atoms with Gasteiger partial charge in [-0.25, -0.2) is 16.8 Å². The van der Waals surface area contributed by atoms with E-state index >= 15 is 0 Å². The van der Waals surface area contributed by atoms with Gasteiger partial charge < -0.3 is 9.47 Å². The smallest absolute Gasteiger partial charge is 0.262 e. The quantitative estimate of drug-likeness (QED) is 0.507. The lowest BCUT2D eigenvalue weighted by atomic mass is 10.3. The Bertz CT molecular complexity index is 1310. The summed E-state index contributed by atoms with van der Waals surface area (Å²) in [6.45, 7) is 0.747.